The summed E-state index contributed by atoms with van der Waals surface area (Å²) in [5, 5.41) is 13.4. The summed E-state index contributed by atoms with van der Waals surface area (Å²) in [6, 6.07) is 5.76. The lowest BCUT2D eigenvalue weighted by molar-refractivity contribution is -0.121. The van der Waals surface area contributed by atoms with Gasteiger partial charge in [-0.1, -0.05) is 6.07 Å². The van der Waals surface area contributed by atoms with Gasteiger partial charge in [-0.3, -0.25) is 4.79 Å². The molecule has 3 rings (SSSR count). The quantitative estimate of drug-likeness (QED) is 0.810. The Labute approximate surface area is 114 Å². The molecule has 1 aliphatic heterocycles. The average molecular weight is 275 g/mol. The van der Waals surface area contributed by atoms with Crippen LogP contribution >= 0.6 is 0 Å². The monoisotopic (exact) mass is 275 g/mol. The number of amides is 1. The van der Waals surface area contributed by atoms with Crippen LogP contribution in [0.4, 0.5) is 0 Å². The molecule has 2 heterocycles. The van der Waals surface area contributed by atoms with Crippen LogP contribution in [0, 0.1) is 0 Å². The Hall–Kier alpha value is -2.64. The summed E-state index contributed by atoms with van der Waals surface area (Å²) in [7, 11) is 0. The third-order valence-corrected chi connectivity index (χ3v) is 2.87. The van der Waals surface area contributed by atoms with Crippen LogP contribution in [-0.4, -0.2) is 39.5 Å². The van der Waals surface area contributed by atoms with Gasteiger partial charge in [-0.25, -0.2) is 4.68 Å². The highest BCUT2D eigenvalue weighted by Crippen LogP contribution is 2.32. The minimum atomic E-state index is -0.127. The van der Waals surface area contributed by atoms with Crippen LogP contribution in [-0.2, 0) is 17.8 Å². The number of benzene rings is 1. The Morgan fingerprint density at radius 3 is 3.10 bits per heavy atom. The third-order valence-electron chi connectivity index (χ3n) is 2.87. The maximum absolute atomic E-state index is 11.6. The Morgan fingerprint density at radius 1 is 1.35 bits per heavy atom. The van der Waals surface area contributed by atoms with Crippen molar-refractivity contribution in [3.05, 3.63) is 30.1 Å². The summed E-state index contributed by atoms with van der Waals surface area (Å²) in [4.78, 5) is 11.6. The largest absolute Gasteiger partial charge is 0.454 e. The summed E-state index contributed by atoms with van der Waals surface area (Å²) < 4.78 is 11.9. The first-order valence-corrected chi connectivity index (χ1v) is 6.17. The molecule has 20 heavy (non-hydrogen) atoms. The normalized spacial score (nSPS) is 12.4. The van der Waals surface area contributed by atoms with Gasteiger partial charge in [-0.2, -0.15) is 0 Å². The zero-order valence-electron chi connectivity index (χ0n) is 10.7. The van der Waals surface area contributed by atoms with Gasteiger partial charge < -0.3 is 14.8 Å². The zero-order chi connectivity index (χ0) is 13.8. The lowest BCUT2D eigenvalue weighted by atomic mass is 10.1. The maximum atomic E-state index is 11.6. The molecule has 1 N–H and O–H groups in total. The molecule has 0 radical (unpaired) electrons. The highest BCUT2D eigenvalue weighted by atomic mass is 16.7. The van der Waals surface area contributed by atoms with Gasteiger partial charge in [0.05, 0.1) is 0 Å². The fourth-order valence-corrected chi connectivity index (χ4v) is 1.90. The van der Waals surface area contributed by atoms with Crippen LogP contribution < -0.4 is 14.8 Å². The lowest BCUT2D eigenvalue weighted by Gasteiger charge is -2.05. The lowest BCUT2D eigenvalue weighted by Crippen LogP contribution is -2.29. The first-order valence-electron chi connectivity index (χ1n) is 6.17. The number of fused-ring (bicyclic) bond motifs is 1. The van der Waals surface area contributed by atoms with E-state index in [1.165, 1.54) is 11.0 Å². The zero-order valence-corrected chi connectivity index (χ0v) is 10.7. The molecule has 1 aromatic heterocycles. The van der Waals surface area contributed by atoms with E-state index >= 15 is 0 Å². The Morgan fingerprint density at radius 2 is 2.25 bits per heavy atom. The van der Waals surface area contributed by atoms with Crippen LogP contribution in [0.1, 0.15) is 5.56 Å². The molecule has 1 aliphatic rings. The van der Waals surface area contributed by atoms with Crippen LogP contribution in [0.3, 0.4) is 0 Å². The van der Waals surface area contributed by atoms with E-state index in [9.17, 15) is 4.79 Å². The Balaban J connectivity index is 1.46. The molecular weight excluding hydrogens is 262 g/mol. The predicted molar refractivity (Wildman–Crippen MR) is 67.1 cm³/mol. The van der Waals surface area contributed by atoms with Gasteiger partial charge >= 0.3 is 0 Å². The summed E-state index contributed by atoms with van der Waals surface area (Å²) in [5.41, 5.74) is 1.08. The smallest absolute Gasteiger partial charge is 0.241 e. The van der Waals surface area contributed by atoms with Crippen molar-refractivity contribution in [1.29, 1.82) is 0 Å². The number of tetrazole rings is 1. The van der Waals surface area contributed by atoms with Crippen molar-refractivity contribution in [3.63, 3.8) is 0 Å². The summed E-state index contributed by atoms with van der Waals surface area (Å²) in [5.74, 6) is 1.39. The Bertz CT molecular complexity index is 599. The summed E-state index contributed by atoms with van der Waals surface area (Å²) in [6.45, 7) is 0.927. The van der Waals surface area contributed by atoms with Crippen LogP contribution in [0.15, 0.2) is 24.5 Å². The minimum absolute atomic E-state index is 0.119. The molecule has 0 saturated carbocycles. The molecule has 8 nitrogen and oxygen atoms in total. The van der Waals surface area contributed by atoms with E-state index in [2.05, 4.69) is 20.8 Å². The molecule has 0 atom stereocenters. The second-order valence-corrected chi connectivity index (χ2v) is 4.29. The number of carbonyl (C=O) groups is 1. The van der Waals surface area contributed by atoms with Crippen molar-refractivity contribution in [2.45, 2.75) is 13.0 Å². The molecule has 2 aromatic rings. The topological polar surface area (TPSA) is 91.2 Å². The SMILES string of the molecule is O=C(Cn1cnnn1)NCCc1ccc2c(c1)OCO2. The summed E-state index contributed by atoms with van der Waals surface area (Å²) >= 11 is 0. The predicted octanol–water partition coefficient (Wildman–Crippen LogP) is -0.239. The number of nitrogens with zero attached hydrogens (tertiary/aromatic N) is 4. The fraction of sp³-hybridized carbons (Fsp3) is 0.333. The molecule has 0 fully saturated rings. The van der Waals surface area contributed by atoms with E-state index in [0.717, 1.165) is 23.5 Å². The fourth-order valence-electron chi connectivity index (χ4n) is 1.90. The van der Waals surface area contributed by atoms with E-state index < -0.39 is 0 Å². The van der Waals surface area contributed by atoms with E-state index in [1.54, 1.807) is 0 Å². The maximum Gasteiger partial charge on any atom is 0.241 e. The molecule has 0 bridgehead atoms. The second-order valence-electron chi connectivity index (χ2n) is 4.29. The molecule has 0 spiro atoms. The number of rotatable bonds is 5. The number of nitrogens with one attached hydrogen (secondary N) is 1. The highest BCUT2D eigenvalue weighted by molar-refractivity contribution is 5.75. The minimum Gasteiger partial charge on any atom is -0.454 e. The highest BCUT2D eigenvalue weighted by Gasteiger charge is 2.13. The van der Waals surface area contributed by atoms with Crippen LogP contribution in [0.2, 0.25) is 0 Å². The van der Waals surface area contributed by atoms with Gasteiger partial charge in [0.2, 0.25) is 12.7 Å². The van der Waals surface area contributed by atoms with Gasteiger partial charge in [0.1, 0.15) is 12.9 Å². The van der Waals surface area contributed by atoms with Crippen molar-refractivity contribution in [3.8, 4) is 11.5 Å². The molecule has 1 amide bonds. The molecule has 1 aromatic carbocycles. The van der Waals surface area contributed by atoms with Crippen molar-refractivity contribution in [1.82, 2.24) is 25.5 Å². The Kier molecular flexibility index (Phi) is 3.44. The average Bonchev–Trinajstić information content (AvgIpc) is 3.09. The first kappa shape index (κ1) is 12.4. The number of aromatic nitrogens is 4. The van der Waals surface area contributed by atoms with Crippen molar-refractivity contribution in [2.75, 3.05) is 13.3 Å². The molecule has 0 aliphatic carbocycles. The van der Waals surface area contributed by atoms with Gasteiger partial charge in [-0.15, -0.1) is 5.10 Å². The number of ether oxygens (including phenoxy) is 2. The van der Waals surface area contributed by atoms with E-state index in [1.807, 2.05) is 18.2 Å². The molecule has 0 saturated heterocycles. The van der Waals surface area contributed by atoms with Crippen molar-refractivity contribution >= 4 is 5.91 Å². The van der Waals surface area contributed by atoms with E-state index in [-0.39, 0.29) is 19.2 Å². The molecular formula is C12H13N5O3. The molecule has 0 unspecified atom stereocenters. The third kappa shape index (κ3) is 2.85. The summed E-state index contributed by atoms with van der Waals surface area (Å²) in [6.07, 6.45) is 2.12. The number of hydrogen-bond acceptors (Lipinski definition) is 6. The van der Waals surface area contributed by atoms with Gasteiger partial charge in [0, 0.05) is 6.54 Å². The standard InChI is InChI=1S/C12H13N5O3/c18-12(6-17-7-14-15-16-17)13-4-3-9-1-2-10-11(5-9)20-8-19-10/h1-2,5,7H,3-4,6,8H2,(H,13,18). The van der Waals surface area contributed by atoms with Crippen LogP contribution in [0.5, 0.6) is 11.5 Å². The molecule has 104 valence electrons. The number of carbonyl (C=O) groups excluding carboxylic acids is 1. The van der Waals surface area contributed by atoms with Gasteiger partial charge in [-0.05, 0) is 34.5 Å². The molecule has 8 heteroatoms. The van der Waals surface area contributed by atoms with E-state index in [0.29, 0.717) is 6.54 Å². The number of hydrogen-bond donors (Lipinski definition) is 1. The van der Waals surface area contributed by atoms with E-state index in [4.69, 9.17) is 9.47 Å². The van der Waals surface area contributed by atoms with Crippen molar-refractivity contribution in [2.24, 2.45) is 0 Å². The first-order chi connectivity index (χ1) is 9.81. The van der Waals surface area contributed by atoms with Crippen molar-refractivity contribution < 1.29 is 14.3 Å². The van der Waals surface area contributed by atoms with Gasteiger partial charge in [0.25, 0.3) is 0 Å². The van der Waals surface area contributed by atoms with Gasteiger partial charge in [0.15, 0.2) is 11.5 Å². The van der Waals surface area contributed by atoms with Crippen LogP contribution in [0.25, 0.3) is 0 Å². The second kappa shape index (κ2) is 5.55.